The van der Waals surface area contributed by atoms with E-state index in [1.54, 1.807) is 0 Å². The Morgan fingerprint density at radius 3 is 1.25 bits per heavy atom. The number of hydrogen-bond acceptors (Lipinski definition) is 4. The first-order valence-corrected chi connectivity index (χ1v) is 9.81. The van der Waals surface area contributed by atoms with Gasteiger partial charge in [0.2, 0.25) is 0 Å². The van der Waals surface area contributed by atoms with Crippen molar-refractivity contribution in [3.63, 3.8) is 0 Å². The van der Waals surface area contributed by atoms with Gasteiger partial charge in [0.1, 0.15) is 0 Å². The van der Waals surface area contributed by atoms with Crippen LogP contribution in [0.3, 0.4) is 0 Å². The summed E-state index contributed by atoms with van der Waals surface area (Å²) in [6.07, 6.45) is 14.0. The monoisotopic (exact) mass is 332 g/mol. The van der Waals surface area contributed by atoms with Crippen molar-refractivity contribution in [2.24, 2.45) is 0 Å². The molecule has 20 heavy (non-hydrogen) atoms. The van der Waals surface area contributed by atoms with Crippen LogP contribution in [0.2, 0.25) is 0 Å². The summed E-state index contributed by atoms with van der Waals surface area (Å²) in [4.78, 5) is 0. The maximum atomic E-state index is 10.4. The van der Waals surface area contributed by atoms with E-state index in [0.717, 1.165) is 18.6 Å². The first-order chi connectivity index (χ1) is 9.06. The molecule has 0 saturated heterocycles. The van der Waals surface area contributed by atoms with E-state index in [-0.39, 0.29) is 35.3 Å². The second-order valence-electron chi connectivity index (χ2n) is 5.23. The molecule has 0 spiro atoms. The second kappa shape index (κ2) is 16.6. The van der Waals surface area contributed by atoms with E-state index in [1.165, 1.54) is 57.8 Å². The van der Waals surface area contributed by atoms with E-state index in [9.17, 15) is 13.0 Å². The van der Waals surface area contributed by atoms with Gasteiger partial charge in [-0.3, -0.25) is 0 Å². The maximum absolute atomic E-state index is 10.4. The molecule has 0 aliphatic carbocycles. The van der Waals surface area contributed by atoms with Crippen LogP contribution in [0, 0.1) is 0 Å². The predicted molar refractivity (Wildman–Crippen MR) is 83.8 cm³/mol. The summed E-state index contributed by atoms with van der Waals surface area (Å²) in [7, 11) is -3.99. The molecule has 0 radical (unpaired) electrons. The molecule has 0 aromatic heterocycles. The summed E-state index contributed by atoms with van der Waals surface area (Å²) >= 11 is 4.19. The van der Waals surface area contributed by atoms with Crippen molar-refractivity contribution in [3.8, 4) is 0 Å². The smallest absolute Gasteiger partial charge is 0.748 e. The van der Waals surface area contributed by atoms with Crippen molar-refractivity contribution < 1.29 is 42.5 Å². The molecule has 0 amide bonds. The Kier molecular flexibility index (Phi) is 19.6. The molecule has 0 unspecified atom stereocenters. The van der Waals surface area contributed by atoms with Gasteiger partial charge in [0, 0.05) is 5.75 Å². The minimum atomic E-state index is -3.99. The molecule has 0 bridgehead atoms. The zero-order valence-corrected chi connectivity index (χ0v) is 16.7. The molecule has 0 saturated carbocycles. The van der Waals surface area contributed by atoms with Crippen LogP contribution in [-0.2, 0) is 10.1 Å². The summed E-state index contributed by atoms with van der Waals surface area (Å²) in [5.41, 5.74) is 0. The largest absolute Gasteiger partial charge is 1.00 e. The van der Waals surface area contributed by atoms with Crippen LogP contribution in [0.25, 0.3) is 0 Å². The molecule has 0 fully saturated rings. The topological polar surface area (TPSA) is 57.2 Å². The van der Waals surface area contributed by atoms with Gasteiger partial charge >= 0.3 is 29.6 Å². The fourth-order valence-electron chi connectivity index (χ4n) is 2.16. The Bertz CT molecular complexity index is 282. The van der Waals surface area contributed by atoms with Gasteiger partial charge < -0.3 is 4.55 Å². The number of thiol groups is 1. The first kappa shape index (κ1) is 23.5. The first-order valence-electron chi connectivity index (χ1n) is 7.60. The van der Waals surface area contributed by atoms with Crippen molar-refractivity contribution in [1.82, 2.24) is 0 Å². The molecule has 0 aliphatic rings. The average molecular weight is 333 g/mol. The van der Waals surface area contributed by atoms with Crippen molar-refractivity contribution >= 4 is 22.7 Å². The normalized spacial score (nSPS) is 11.3. The van der Waals surface area contributed by atoms with E-state index in [0.29, 0.717) is 6.42 Å². The van der Waals surface area contributed by atoms with Gasteiger partial charge in [0.25, 0.3) is 0 Å². The quantitative estimate of drug-likeness (QED) is 0.225. The Labute approximate surface area is 153 Å². The minimum Gasteiger partial charge on any atom is -0.748 e. The molecule has 0 aliphatic heterocycles. The van der Waals surface area contributed by atoms with Gasteiger partial charge in [-0.1, -0.05) is 64.2 Å². The SMILES string of the molecule is O=S(=O)([O-])CCCCCCCCCCCCCCS.[Na+]. The molecule has 116 valence electrons. The molecule has 0 atom stereocenters. The van der Waals surface area contributed by atoms with Crippen molar-refractivity contribution in [3.05, 3.63) is 0 Å². The average Bonchev–Trinajstić information content (AvgIpc) is 2.34. The van der Waals surface area contributed by atoms with Crippen molar-refractivity contribution in [2.75, 3.05) is 11.5 Å². The van der Waals surface area contributed by atoms with Crippen LogP contribution in [-0.4, -0.2) is 24.5 Å². The number of rotatable bonds is 14. The standard InChI is InChI=1S/C14H30O3S2.Na/c15-19(16,17)14-12-10-8-6-4-2-1-3-5-7-9-11-13-18;/h18H,1-14H2,(H,15,16,17);/q;+1/p-1. The van der Waals surface area contributed by atoms with Crippen LogP contribution in [0.15, 0.2) is 0 Å². The number of hydrogen-bond donors (Lipinski definition) is 1. The second-order valence-corrected chi connectivity index (χ2v) is 7.20. The van der Waals surface area contributed by atoms with E-state index >= 15 is 0 Å². The predicted octanol–water partition coefficient (Wildman–Crippen LogP) is 1.15. The fourth-order valence-corrected chi connectivity index (χ4v) is 2.94. The summed E-state index contributed by atoms with van der Waals surface area (Å²) in [6, 6.07) is 0. The van der Waals surface area contributed by atoms with Gasteiger partial charge in [0.05, 0.1) is 10.1 Å². The maximum Gasteiger partial charge on any atom is 1.00 e. The molecular weight excluding hydrogens is 303 g/mol. The third-order valence-corrected chi connectivity index (χ3v) is 4.41. The molecule has 0 aromatic carbocycles. The van der Waals surface area contributed by atoms with E-state index in [1.807, 2.05) is 0 Å². The van der Waals surface area contributed by atoms with Gasteiger partial charge in [-0.05, 0) is 18.6 Å². The summed E-state index contributed by atoms with van der Waals surface area (Å²) < 4.78 is 31.1. The van der Waals surface area contributed by atoms with Crippen molar-refractivity contribution in [1.29, 1.82) is 0 Å². The Hall–Kier alpha value is 1.26. The van der Waals surface area contributed by atoms with Gasteiger partial charge in [-0.15, -0.1) is 0 Å². The van der Waals surface area contributed by atoms with E-state index < -0.39 is 10.1 Å². The fraction of sp³-hybridized carbons (Fsp3) is 1.00. The zero-order chi connectivity index (χ0) is 14.4. The van der Waals surface area contributed by atoms with Gasteiger partial charge in [0.15, 0.2) is 0 Å². The van der Waals surface area contributed by atoms with Crippen molar-refractivity contribution in [2.45, 2.75) is 77.0 Å². The number of unbranched alkanes of at least 4 members (excludes halogenated alkanes) is 11. The third kappa shape index (κ3) is 21.6. The van der Waals surface area contributed by atoms with Crippen LogP contribution in [0.1, 0.15) is 77.0 Å². The molecular formula is C14H29NaO3S2. The summed E-state index contributed by atoms with van der Waals surface area (Å²) in [5.74, 6) is 0.812. The Balaban J connectivity index is 0. The summed E-state index contributed by atoms with van der Waals surface area (Å²) in [5, 5.41) is 0. The molecule has 3 nitrogen and oxygen atoms in total. The van der Waals surface area contributed by atoms with Gasteiger partial charge in [-0.2, -0.15) is 12.6 Å². The third-order valence-electron chi connectivity index (χ3n) is 3.30. The molecule has 0 rings (SSSR count). The van der Waals surface area contributed by atoms with Crippen LogP contribution in [0.5, 0.6) is 0 Å². The molecule has 6 heteroatoms. The molecule has 0 aromatic rings. The summed E-state index contributed by atoms with van der Waals surface area (Å²) in [6.45, 7) is 0. The molecule has 0 N–H and O–H groups in total. The van der Waals surface area contributed by atoms with Crippen LogP contribution >= 0.6 is 12.6 Å². The molecule has 0 heterocycles. The van der Waals surface area contributed by atoms with Gasteiger partial charge in [-0.25, -0.2) is 8.42 Å². The minimum absolute atomic E-state index is 0. The Morgan fingerprint density at radius 2 is 0.950 bits per heavy atom. The Morgan fingerprint density at radius 1 is 0.650 bits per heavy atom. The zero-order valence-electron chi connectivity index (χ0n) is 13.0. The van der Waals surface area contributed by atoms with E-state index in [2.05, 4.69) is 12.6 Å². The van der Waals surface area contributed by atoms with E-state index in [4.69, 9.17) is 0 Å². The van der Waals surface area contributed by atoms with Crippen LogP contribution < -0.4 is 29.6 Å². The van der Waals surface area contributed by atoms with Crippen LogP contribution in [0.4, 0.5) is 0 Å².